The molecular weight excluding hydrogens is 274 g/mol. The lowest BCUT2D eigenvalue weighted by Crippen LogP contribution is -2.26. The summed E-state index contributed by atoms with van der Waals surface area (Å²) in [5.41, 5.74) is 2.32. The minimum absolute atomic E-state index is 0.705. The van der Waals surface area contributed by atoms with Gasteiger partial charge in [0, 0.05) is 18.5 Å². The Morgan fingerprint density at radius 2 is 2.09 bits per heavy atom. The van der Waals surface area contributed by atoms with Gasteiger partial charge < -0.3 is 15.4 Å². The third-order valence-corrected chi connectivity index (χ3v) is 4.45. The highest BCUT2D eigenvalue weighted by Gasteiger charge is 2.16. The fraction of sp³-hybridized carbons (Fsp3) is 0.500. The number of hydrogen-bond acceptors (Lipinski definition) is 4. The summed E-state index contributed by atoms with van der Waals surface area (Å²) in [6.45, 7) is 2.82. The van der Waals surface area contributed by atoms with Crippen LogP contribution < -0.4 is 15.4 Å². The molecule has 2 aromatic rings. The van der Waals surface area contributed by atoms with Gasteiger partial charge in [-0.05, 0) is 61.5 Å². The Morgan fingerprint density at radius 3 is 2.77 bits per heavy atom. The standard InChI is InChI=1S/C18H25N3O/c1-19-12-16-9-15-8-14(11-20-10-13-4-3-5-13)6-7-17(15)18(21-16)22-2/h6-9,13,19-20H,3-5,10-12H2,1-2H3. The van der Waals surface area contributed by atoms with E-state index < -0.39 is 0 Å². The molecule has 1 aliphatic rings. The lowest BCUT2D eigenvalue weighted by atomic mass is 9.85. The summed E-state index contributed by atoms with van der Waals surface area (Å²) in [7, 11) is 3.61. The molecule has 4 heteroatoms. The number of rotatable bonds is 7. The van der Waals surface area contributed by atoms with Crippen LogP contribution in [0.4, 0.5) is 0 Å². The molecule has 2 N–H and O–H groups in total. The highest BCUT2D eigenvalue weighted by Crippen LogP contribution is 2.27. The van der Waals surface area contributed by atoms with Crippen LogP contribution in [0.3, 0.4) is 0 Å². The monoisotopic (exact) mass is 299 g/mol. The molecule has 0 amide bonds. The summed E-state index contributed by atoms with van der Waals surface area (Å²) in [4.78, 5) is 4.54. The summed E-state index contributed by atoms with van der Waals surface area (Å²) in [6, 6.07) is 8.67. The fourth-order valence-electron chi connectivity index (χ4n) is 2.98. The molecule has 1 saturated carbocycles. The van der Waals surface area contributed by atoms with Crippen molar-refractivity contribution in [2.24, 2.45) is 5.92 Å². The molecule has 4 nitrogen and oxygen atoms in total. The number of ether oxygens (including phenoxy) is 1. The van der Waals surface area contributed by atoms with E-state index in [9.17, 15) is 0 Å². The predicted molar refractivity (Wildman–Crippen MR) is 90.1 cm³/mol. The maximum Gasteiger partial charge on any atom is 0.221 e. The van der Waals surface area contributed by atoms with Crippen molar-refractivity contribution in [1.29, 1.82) is 0 Å². The van der Waals surface area contributed by atoms with E-state index in [4.69, 9.17) is 4.74 Å². The number of nitrogens with one attached hydrogen (secondary N) is 2. The van der Waals surface area contributed by atoms with Crippen LogP contribution in [0.1, 0.15) is 30.5 Å². The molecule has 0 radical (unpaired) electrons. The summed E-state index contributed by atoms with van der Waals surface area (Å²) >= 11 is 0. The molecule has 0 spiro atoms. The molecule has 0 atom stereocenters. The van der Waals surface area contributed by atoms with E-state index in [1.54, 1.807) is 7.11 Å². The summed E-state index contributed by atoms with van der Waals surface area (Å²) < 4.78 is 5.43. The fourth-order valence-corrected chi connectivity index (χ4v) is 2.98. The van der Waals surface area contributed by atoms with Gasteiger partial charge in [-0.2, -0.15) is 0 Å². The minimum Gasteiger partial charge on any atom is -0.481 e. The van der Waals surface area contributed by atoms with E-state index in [-0.39, 0.29) is 0 Å². The maximum absolute atomic E-state index is 5.43. The first-order valence-corrected chi connectivity index (χ1v) is 8.12. The zero-order chi connectivity index (χ0) is 15.4. The maximum atomic E-state index is 5.43. The summed E-state index contributed by atoms with van der Waals surface area (Å²) in [5.74, 6) is 1.60. The largest absolute Gasteiger partial charge is 0.481 e. The van der Waals surface area contributed by atoms with E-state index in [0.717, 1.165) is 36.6 Å². The first-order chi connectivity index (χ1) is 10.8. The van der Waals surface area contributed by atoms with Crippen LogP contribution in [-0.2, 0) is 13.1 Å². The van der Waals surface area contributed by atoms with Gasteiger partial charge in [-0.1, -0.05) is 12.5 Å². The average molecular weight is 299 g/mol. The molecule has 22 heavy (non-hydrogen) atoms. The van der Waals surface area contributed by atoms with Crippen molar-refractivity contribution in [3.8, 4) is 5.88 Å². The minimum atomic E-state index is 0.705. The van der Waals surface area contributed by atoms with Crippen LogP contribution >= 0.6 is 0 Å². The smallest absolute Gasteiger partial charge is 0.221 e. The van der Waals surface area contributed by atoms with Crippen LogP contribution in [-0.4, -0.2) is 25.7 Å². The zero-order valence-corrected chi connectivity index (χ0v) is 13.5. The molecule has 1 aromatic carbocycles. The Kier molecular flexibility index (Phi) is 4.90. The van der Waals surface area contributed by atoms with Crippen LogP contribution in [0.25, 0.3) is 10.8 Å². The molecule has 1 aliphatic carbocycles. The number of pyridine rings is 1. The Bertz CT molecular complexity index is 638. The molecule has 0 bridgehead atoms. The molecular formula is C18H25N3O. The Balaban J connectivity index is 1.77. The number of methoxy groups -OCH3 is 1. The topological polar surface area (TPSA) is 46.2 Å². The van der Waals surface area contributed by atoms with Crippen molar-refractivity contribution in [1.82, 2.24) is 15.6 Å². The van der Waals surface area contributed by atoms with Gasteiger partial charge >= 0.3 is 0 Å². The van der Waals surface area contributed by atoms with Crippen molar-refractivity contribution >= 4 is 10.8 Å². The highest BCUT2D eigenvalue weighted by atomic mass is 16.5. The van der Waals surface area contributed by atoms with Gasteiger partial charge in [-0.25, -0.2) is 4.98 Å². The third-order valence-electron chi connectivity index (χ3n) is 4.45. The van der Waals surface area contributed by atoms with Crippen LogP contribution in [0.5, 0.6) is 5.88 Å². The molecule has 1 fully saturated rings. The molecule has 3 rings (SSSR count). The predicted octanol–water partition coefficient (Wildman–Crippen LogP) is 2.85. The van der Waals surface area contributed by atoms with E-state index in [0.29, 0.717) is 5.88 Å². The summed E-state index contributed by atoms with van der Waals surface area (Å²) in [5, 5.41) is 8.99. The van der Waals surface area contributed by atoms with Crippen molar-refractivity contribution in [2.45, 2.75) is 32.4 Å². The lowest BCUT2D eigenvalue weighted by molar-refractivity contribution is 0.301. The van der Waals surface area contributed by atoms with E-state index in [1.807, 2.05) is 7.05 Å². The molecule has 118 valence electrons. The number of benzene rings is 1. The van der Waals surface area contributed by atoms with Gasteiger partial charge in [0.15, 0.2) is 0 Å². The Labute approximate surface area is 132 Å². The zero-order valence-electron chi connectivity index (χ0n) is 13.5. The second kappa shape index (κ2) is 7.07. The molecule has 0 aliphatic heterocycles. The van der Waals surface area contributed by atoms with Gasteiger partial charge in [0.25, 0.3) is 0 Å². The van der Waals surface area contributed by atoms with Crippen LogP contribution in [0.15, 0.2) is 24.3 Å². The van der Waals surface area contributed by atoms with E-state index in [2.05, 4.69) is 39.9 Å². The normalized spacial score (nSPS) is 15.0. The number of fused-ring (bicyclic) bond motifs is 1. The SMILES string of the molecule is CNCc1cc2cc(CNCC3CCC3)ccc2c(OC)n1. The first-order valence-electron chi connectivity index (χ1n) is 8.12. The van der Waals surface area contributed by atoms with Crippen LogP contribution in [0, 0.1) is 5.92 Å². The third kappa shape index (κ3) is 3.39. The van der Waals surface area contributed by atoms with Crippen LogP contribution in [0.2, 0.25) is 0 Å². The lowest BCUT2D eigenvalue weighted by Gasteiger charge is -2.25. The number of hydrogen-bond donors (Lipinski definition) is 2. The quantitative estimate of drug-likeness (QED) is 0.825. The Hall–Kier alpha value is -1.65. The van der Waals surface area contributed by atoms with Crippen molar-refractivity contribution in [3.05, 3.63) is 35.5 Å². The second-order valence-electron chi connectivity index (χ2n) is 6.14. The molecule has 0 saturated heterocycles. The van der Waals surface area contributed by atoms with E-state index in [1.165, 1.54) is 30.2 Å². The van der Waals surface area contributed by atoms with Gasteiger partial charge in [-0.3, -0.25) is 0 Å². The highest BCUT2D eigenvalue weighted by molar-refractivity contribution is 5.87. The van der Waals surface area contributed by atoms with Crippen molar-refractivity contribution in [3.63, 3.8) is 0 Å². The molecule has 1 aromatic heterocycles. The summed E-state index contributed by atoms with van der Waals surface area (Å²) in [6.07, 6.45) is 4.19. The molecule has 0 unspecified atom stereocenters. The second-order valence-corrected chi connectivity index (χ2v) is 6.14. The number of aromatic nitrogens is 1. The Morgan fingerprint density at radius 1 is 1.23 bits per heavy atom. The van der Waals surface area contributed by atoms with E-state index >= 15 is 0 Å². The average Bonchev–Trinajstić information content (AvgIpc) is 2.49. The van der Waals surface area contributed by atoms with Crippen molar-refractivity contribution in [2.75, 3.05) is 20.7 Å². The molecule has 1 heterocycles. The van der Waals surface area contributed by atoms with Gasteiger partial charge in [-0.15, -0.1) is 0 Å². The van der Waals surface area contributed by atoms with Gasteiger partial charge in [0.2, 0.25) is 5.88 Å². The number of nitrogens with zero attached hydrogens (tertiary/aromatic N) is 1. The van der Waals surface area contributed by atoms with Gasteiger partial charge in [0.05, 0.1) is 12.8 Å². The van der Waals surface area contributed by atoms with Gasteiger partial charge in [0.1, 0.15) is 0 Å². The first kappa shape index (κ1) is 15.3. The van der Waals surface area contributed by atoms with Crippen molar-refractivity contribution < 1.29 is 4.74 Å².